The Morgan fingerprint density at radius 2 is 1.79 bits per heavy atom. The lowest BCUT2D eigenvalue weighted by Gasteiger charge is -2.26. The molecule has 2 fully saturated rings. The van der Waals surface area contributed by atoms with E-state index in [2.05, 4.69) is 4.90 Å². The van der Waals surface area contributed by atoms with Crippen molar-refractivity contribution in [3.63, 3.8) is 0 Å². The first-order chi connectivity index (χ1) is 9.15. The van der Waals surface area contributed by atoms with Gasteiger partial charge >= 0.3 is 5.97 Å². The van der Waals surface area contributed by atoms with E-state index in [4.69, 9.17) is 0 Å². The summed E-state index contributed by atoms with van der Waals surface area (Å²) < 4.78 is 13.8. The minimum absolute atomic E-state index is 0.177. The Balaban J connectivity index is 1.90. The third kappa shape index (κ3) is 2.88. The molecule has 0 atom stereocenters. The molecule has 0 heterocycles. The number of nitrogens with zero attached hydrogens (tertiary/aromatic N) is 1. The van der Waals surface area contributed by atoms with Gasteiger partial charge in [0.15, 0.2) is 0 Å². The van der Waals surface area contributed by atoms with Gasteiger partial charge in [-0.3, -0.25) is 0 Å². The minimum atomic E-state index is -1.18. The highest BCUT2D eigenvalue weighted by molar-refractivity contribution is 5.94. The van der Waals surface area contributed by atoms with E-state index in [1.165, 1.54) is 31.7 Å². The molecule has 3 nitrogen and oxygen atoms in total. The maximum Gasteiger partial charge on any atom is 0.340 e. The van der Waals surface area contributed by atoms with Crippen LogP contribution in [0.5, 0.6) is 0 Å². The number of carboxylic acid groups (broad SMARTS) is 1. The molecule has 2 aliphatic rings. The monoisotopic (exact) mass is 263 g/mol. The number of aromatic carboxylic acids is 1. The lowest BCUT2D eigenvalue weighted by Crippen LogP contribution is -2.30. The number of carbonyl (C=O) groups is 1. The smallest absolute Gasteiger partial charge is 0.340 e. The van der Waals surface area contributed by atoms with Gasteiger partial charge in [0.2, 0.25) is 0 Å². The average Bonchev–Trinajstić information content (AvgIpc) is 3.22. The summed E-state index contributed by atoms with van der Waals surface area (Å²) in [5.41, 5.74) is 0.370. The van der Waals surface area contributed by atoms with Gasteiger partial charge in [-0.2, -0.15) is 0 Å². The van der Waals surface area contributed by atoms with Crippen molar-refractivity contribution < 1.29 is 14.3 Å². The van der Waals surface area contributed by atoms with Crippen LogP contribution in [-0.2, 0) is 0 Å². The predicted molar refractivity (Wildman–Crippen MR) is 71.0 cm³/mol. The summed E-state index contributed by atoms with van der Waals surface area (Å²) in [6.45, 7) is 1.72. The molecule has 4 heteroatoms. The van der Waals surface area contributed by atoms with Crippen LogP contribution in [0.1, 0.15) is 36.0 Å². The maximum atomic E-state index is 13.8. The van der Waals surface area contributed by atoms with E-state index in [0.717, 1.165) is 13.1 Å². The Hall–Kier alpha value is -1.58. The largest absolute Gasteiger partial charge is 0.478 e. The molecule has 0 spiro atoms. The molecule has 1 aromatic rings. The molecule has 0 amide bonds. The van der Waals surface area contributed by atoms with Crippen molar-refractivity contribution in [1.82, 2.24) is 0 Å². The molecule has 0 radical (unpaired) electrons. The second-order valence-electron chi connectivity index (χ2n) is 5.73. The maximum absolute atomic E-state index is 13.8. The van der Waals surface area contributed by atoms with Crippen LogP contribution in [0.2, 0.25) is 0 Å². The second kappa shape index (κ2) is 4.83. The summed E-state index contributed by atoms with van der Waals surface area (Å²) in [5, 5.41) is 9.23. The predicted octanol–water partition coefficient (Wildman–Crippen LogP) is 3.15. The molecule has 2 aliphatic carbocycles. The van der Waals surface area contributed by atoms with E-state index in [-0.39, 0.29) is 5.56 Å². The van der Waals surface area contributed by atoms with E-state index in [0.29, 0.717) is 17.5 Å². The standard InChI is InChI=1S/C15H18FNO2/c16-12-2-1-3-13(14(12)15(18)19)17(8-10-4-5-10)9-11-6-7-11/h1-3,10-11H,4-9H2,(H,18,19). The quantitative estimate of drug-likeness (QED) is 0.857. The van der Waals surface area contributed by atoms with Crippen LogP contribution in [0.15, 0.2) is 18.2 Å². The number of hydrogen-bond acceptors (Lipinski definition) is 2. The van der Waals surface area contributed by atoms with Crippen LogP contribution in [0.4, 0.5) is 10.1 Å². The summed E-state index contributed by atoms with van der Waals surface area (Å²) in [7, 11) is 0. The Morgan fingerprint density at radius 1 is 1.21 bits per heavy atom. The summed E-state index contributed by atoms with van der Waals surface area (Å²) in [4.78, 5) is 13.4. The van der Waals surface area contributed by atoms with E-state index in [1.807, 2.05) is 0 Å². The van der Waals surface area contributed by atoms with Crippen molar-refractivity contribution in [2.45, 2.75) is 25.7 Å². The van der Waals surface area contributed by atoms with Crippen LogP contribution in [0.3, 0.4) is 0 Å². The molecule has 102 valence electrons. The number of carboxylic acids is 1. The molecule has 0 aliphatic heterocycles. The van der Waals surface area contributed by atoms with E-state index in [9.17, 15) is 14.3 Å². The first-order valence-corrected chi connectivity index (χ1v) is 6.92. The molecule has 1 aromatic carbocycles. The average molecular weight is 263 g/mol. The van der Waals surface area contributed by atoms with Gasteiger partial charge in [0.25, 0.3) is 0 Å². The molecule has 2 saturated carbocycles. The minimum Gasteiger partial charge on any atom is -0.478 e. The Labute approximate surface area is 112 Å². The van der Waals surface area contributed by atoms with E-state index >= 15 is 0 Å². The first-order valence-electron chi connectivity index (χ1n) is 6.92. The Bertz CT molecular complexity index is 481. The van der Waals surface area contributed by atoms with Crippen molar-refractivity contribution in [3.8, 4) is 0 Å². The van der Waals surface area contributed by atoms with Crippen LogP contribution in [0.25, 0.3) is 0 Å². The Morgan fingerprint density at radius 3 is 2.26 bits per heavy atom. The molecule has 0 saturated heterocycles. The fraction of sp³-hybridized carbons (Fsp3) is 0.533. The molecule has 0 bridgehead atoms. The van der Waals surface area contributed by atoms with E-state index in [1.54, 1.807) is 12.1 Å². The van der Waals surface area contributed by atoms with Gasteiger partial charge < -0.3 is 10.0 Å². The number of rotatable bonds is 6. The lowest BCUT2D eigenvalue weighted by atomic mass is 10.1. The van der Waals surface area contributed by atoms with Gasteiger partial charge in [-0.1, -0.05) is 6.07 Å². The number of benzene rings is 1. The van der Waals surface area contributed by atoms with Crippen LogP contribution < -0.4 is 4.90 Å². The van der Waals surface area contributed by atoms with Crippen molar-refractivity contribution in [2.75, 3.05) is 18.0 Å². The summed E-state index contributed by atoms with van der Waals surface area (Å²) in [5.74, 6) is -0.501. The van der Waals surface area contributed by atoms with Crippen molar-refractivity contribution in [1.29, 1.82) is 0 Å². The molecule has 19 heavy (non-hydrogen) atoms. The third-order valence-corrected chi connectivity index (χ3v) is 3.90. The molecular formula is C15H18FNO2. The highest BCUT2D eigenvalue weighted by Crippen LogP contribution is 2.37. The third-order valence-electron chi connectivity index (χ3n) is 3.90. The lowest BCUT2D eigenvalue weighted by molar-refractivity contribution is 0.0692. The van der Waals surface area contributed by atoms with Crippen LogP contribution in [-0.4, -0.2) is 24.2 Å². The zero-order chi connectivity index (χ0) is 13.4. The first kappa shape index (κ1) is 12.5. The Kier molecular flexibility index (Phi) is 3.17. The summed E-state index contributed by atoms with van der Waals surface area (Å²) in [6, 6.07) is 4.56. The number of hydrogen-bond donors (Lipinski definition) is 1. The molecule has 3 rings (SSSR count). The zero-order valence-corrected chi connectivity index (χ0v) is 10.8. The normalized spacial score (nSPS) is 18.4. The number of halogens is 1. The van der Waals surface area contributed by atoms with E-state index < -0.39 is 11.8 Å². The highest BCUT2D eigenvalue weighted by atomic mass is 19.1. The fourth-order valence-corrected chi connectivity index (χ4v) is 2.48. The molecule has 1 N–H and O–H groups in total. The topological polar surface area (TPSA) is 40.5 Å². The highest BCUT2D eigenvalue weighted by Gasteiger charge is 2.31. The summed E-state index contributed by atoms with van der Waals surface area (Å²) in [6.07, 6.45) is 4.83. The SMILES string of the molecule is O=C(O)c1c(F)cccc1N(CC1CC1)CC1CC1. The second-order valence-corrected chi connectivity index (χ2v) is 5.73. The number of anilines is 1. The molecule has 0 unspecified atom stereocenters. The molecule has 0 aromatic heterocycles. The van der Waals surface area contributed by atoms with Crippen molar-refractivity contribution in [3.05, 3.63) is 29.6 Å². The van der Waals surface area contributed by atoms with Crippen molar-refractivity contribution >= 4 is 11.7 Å². The van der Waals surface area contributed by atoms with Crippen molar-refractivity contribution in [2.24, 2.45) is 11.8 Å². The van der Waals surface area contributed by atoms with Crippen LogP contribution in [0, 0.1) is 17.7 Å². The van der Waals surface area contributed by atoms with Gasteiger partial charge in [-0.25, -0.2) is 9.18 Å². The summed E-state index contributed by atoms with van der Waals surface area (Å²) >= 11 is 0. The van der Waals surface area contributed by atoms with Gasteiger partial charge in [0.1, 0.15) is 11.4 Å². The van der Waals surface area contributed by atoms with Gasteiger partial charge in [-0.05, 0) is 49.7 Å². The fourth-order valence-electron chi connectivity index (χ4n) is 2.48. The van der Waals surface area contributed by atoms with Gasteiger partial charge in [0.05, 0.1) is 5.69 Å². The molecular weight excluding hydrogens is 245 g/mol. The van der Waals surface area contributed by atoms with Gasteiger partial charge in [-0.15, -0.1) is 0 Å². The van der Waals surface area contributed by atoms with Gasteiger partial charge in [0, 0.05) is 13.1 Å². The zero-order valence-electron chi connectivity index (χ0n) is 10.8. The van der Waals surface area contributed by atoms with Crippen LogP contribution >= 0.6 is 0 Å².